The molecule has 1 unspecified atom stereocenters. The Kier molecular flexibility index (Phi) is 8.52. The minimum absolute atomic E-state index is 0.146. The molecule has 3 saturated heterocycles. The molecule has 256 valence electrons. The van der Waals surface area contributed by atoms with E-state index in [1.54, 1.807) is 4.90 Å². The minimum atomic E-state index is -0.853. The molecule has 5 aliphatic rings. The summed E-state index contributed by atoms with van der Waals surface area (Å²) in [6.07, 6.45) is 5.62. The normalized spacial score (nSPS) is 27.5. The molecule has 8 rings (SSSR count). The first-order valence-corrected chi connectivity index (χ1v) is 17.7. The first-order chi connectivity index (χ1) is 24.0. The number of nitrogens with zero attached hydrogens (tertiary/aromatic N) is 6. The lowest BCUT2D eigenvalue weighted by molar-refractivity contribution is 0.0185. The molecule has 0 N–H and O–H groups in total. The van der Waals surface area contributed by atoms with E-state index in [9.17, 15) is 9.18 Å². The van der Waals surface area contributed by atoms with Crippen molar-refractivity contribution in [2.75, 3.05) is 50.8 Å². The van der Waals surface area contributed by atoms with Gasteiger partial charge in [0.05, 0.1) is 11.1 Å². The number of fused-ring (bicyclic) bond motifs is 4. The molecular weight excluding hydrogens is 623 g/mol. The van der Waals surface area contributed by atoms with Crippen LogP contribution >= 0.6 is 0 Å². The van der Waals surface area contributed by atoms with E-state index in [-0.39, 0.29) is 30.7 Å². The van der Waals surface area contributed by atoms with E-state index in [0.29, 0.717) is 45.1 Å². The summed E-state index contributed by atoms with van der Waals surface area (Å²) in [4.78, 5) is 32.9. The van der Waals surface area contributed by atoms with Crippen molar-refractivity contribution in [1.82, 2.24) is 19.8 Å². The van der Waals surface area contributed by atoms with Crippen LogP contribution in [0, 0.1) is 6.57 Å². The highest BCUT2D eigenvalue weighted by Crippen LogP contribution is 2.48. The summed E-state index contributed by atoms with van der Waals surface area (Å²) in [6, 6.07) is 18.0. The fourth-order valence-corrected chi connectivity index (χ4v) is 8.87. The van der Waals surface area contributed by atoms with Crippen LogP contribution in [0.3, 0.4) is 0 Å². The molecule has 0 radical (unpaired) electrons. The fraction of sp³-hybridized carbons (Fsp3) is 0.526. The topological polar surface area (TPSA) is 84.6 Å². The number of piperazine rings is 1. The van der Waals surface area contributed by atoms with Crippen molar-refractivity contribution < 1.29 is 23.4 Å². The molecule has 49 heavy (non-hydrogen) atoms. The lowest BCUT2D eigenvalue weighted by Crippen LogP contribution is -2.57. The lowest BCUT2D eigenvalue weighted by Gasteiger charge is -2.44. The number of hydrogen-bond acceptors (Lipinski definition) is 8. The zero-order valence-electron chi connectivity index (χ0n) is 27.9. The molecule has 1 amide bonds. The number of hydrogen-bond donors (Lipinski definition) is 0. The van der Waals surface area contributed by atoms with Gasteiger partial charge in [-0.1, -0.05) is 54.6 Å². The Morgan fingerprint density at radius 3 is 2.73 bits per heavy atom. The molecule has 1 spiro atoms. The van der Waals surface area contributed by atoms with Crippen molar-refractivity contribution in [3.63, 3.8) is 0 Å². The summed E-state index contributed by atoms with van der Waals surface area (Å²) in [5.41, 5.74) is 3.59. The van der Waals surface area contributed by atoms with Gasteiger partial charge in [0.2, 0.25) is 12.4 Å². The largest absolute Gasteiger partial charge is 0.466 e. The van der Waals surface area contributed by atoms with Gasteiger partial charge >= 0.3 is 12.1 Å². The molecule has 0 bridgehead atoms. The van der Waals surface area contributed by atoms with Gasteiger partial charge in [-0.15, -0.1) is 0 Å². The van der Waals surface area contributed by atoms with E-state index in [2.05, 4.69) is 38.9 Å². The first kappa shape index (κ1) is 31.8. The average molecular weight is 667 g/mol. The summed E-state index contributed by atoms with van der Waals surface area (Å²) >= 11 is 0. The van der Waals surface area contributed by atoms with Gasteiger partial charge < -0.3 is 24.0 Å². The van der Waals surface area contributed by atoms with Gasteiger partial charge in [0, 0.05) is 32.6 Å². The summed E-state index contributed by atoms with van der Waals surface area (Å²) < 4.78 is 33.7. The third-order valence-corrected chi connectivity index (χ3v) is 11.3. The number of aromatic nitrogens is 2. The van der Waals surface area contributed by atoms with E-state index in [0.717, 1.165) is 68.4 Å². The van der Waals surface area contributed by atoms with Crippen LogP contribution in [0.25, 0.3) is 4.85 Å². The number of ether oxygens (including phenoxy) is 3. The zero-order chi connectivity index (χ0) is 33.4. The molecule has 5 heterocycles. The highest BCUT2D eigenvalue weighted by molar-refractivity contribution is 5.69. The molecule has 1 aromatic heterocycles. The van der Waals surface area contributed by atoms with Crippen molar-refractivity contribution in [2.45, 2.75) is 81.3 Å². The maximum Gasteiger partial charge on any atom is 0.410 e. The maximum absolute atomic E-state index is 14.6. The predicted octanol–water partition coefficient (Wildman–Crippen LogP) is 5.74. The Morgan fingerprint density at radius 1 is 1.00 bits per heavy atom. The van der Waals surface area contributed by atoms with Crippen LogP contribution in [0.2, 0.25) is 0 Å². The van der Waals surface area contributed by atoms with E-state index in [1.165, 1.54) is 11.1 Å². The molecule has 1 aliphatic carbocycles. The highest BCUT2D eigenvalue weighted by atomic mass is 19.1. The van der Waals surface area contributed by atoms with Gasteiger partial charge in [0.1, 0.15) is 36.8 Å². The lowest BCUT2D eigenvalue weighted by atomic mass is 9.75. The van der Waals surface area contributed by atoms with Gasteiger partial charge in [-0.05, 0) is 68.2 Å². The molecule has 3 fully saturated rings. The first-order valence-electron chi connectivity index (χ1n) is 17.7. The number of carbonyl (C=O) groups excluding carboxylic acids is 1. The van der Waals surface area contributed by atoms with Crippen molar-refractivity contribution in [3.05, 3.63) is 88.3 Å². The van der Waals surface area contributed by atoms with Crippen LogP contribution in [0.15, 0.2) is 54.6 Å². The third-order valence-electron chi connectivity index (χ3n) is 11.3. The minimum Gasteiger partial charge on any atom is -0.466 e. The van der Waals surface area contributed by atoms with Gasteiger partial charge in [0.15, 0.2) is 0 Å². The molecule has 10 nitrogen and oxygen atoms in total. The van der Waals surface area contributed by atoms with Gasteiger partial charge in [0.25, 0.3) is 0 Å². The number of alkyl halides is 1. The zero-order valence-corrected chi connectivity index (χ0v) is 27.9. The second kappa shape index (κ2) is 13.1. The fourth-order valence-electron chi connectivity index (χ4n) is 8.87. The van der Waals surface area contributed by atoms with Crippen LogP contribution in [-0.4, -0.2) is 89.5 Å². The summed E-state index contributed by atoms with van der Waals surface area (Å²) in [7, 11) is 0. The van der Waals surface area contributed by atoms with E-state index < -0.39 is 17.9 Å². The standard InChI is InChI=1S/C38H43FN6O4/c1-40-22-30-24-43(19-20-45(30)36(46)47-25-27-9-3-2-4-10-27)33-31-14-17-38(16-7-12-28-11-5-6-13-32(28)38)49-34(31)42-35(41-33)48-26-37-15-8-18-44(37)23-29(39)21-37/h2-6,9-11,13,29-30H,7-8,12,14-26H2/t29-,30+,37+,38?/m1/s1. The quantitative estimate of drug-likeness (QED) is 0.296. The molecule has 3 aromatic rings. The Balaban J connectivity index is 1.08. The van der Waals surface area contributed by atoms with Crippen LogP contribution in [0.4, 0.5) is 15.0 Å². The SMILES string of the molecule is [C-]#[N+]C[C@H]1CN(c2nc(OC[C@@]34CCCN3C[C@H](F)C4)nc3c2CCC2(CCCc4ccccc42)O3)CCN1C(=O)OCc1ccccc1. The Bertz CT molecular complexity index is 1740. The molecule has 4 atom stereocenters. The van der Waals surface area contributed by atoms with Crippen molar-refractivity contribution >= 4 is 11.9 Å². The van der Waals surface area contributed by atoms with E-state index in [1.807, 2.05) is 30.3 Å². The molecule has 0 saturated carbocycles. The monoisotopic (exact) mass is 666 g/mol. The van der Waals surface area contributed by atoms with Gasteiger partial charge in [-0.3, -0.25) is 9.80 Å². The number of carbonyl (C=O) groups is 1. The van der Waals surface area contributed by atoms with E-state index >= 15 is 0 Å². The number of aryl methyl sites for hydroxylation is 1. The van der Waals surface area contributed by atoms with Gasteiger partial charge in [-0.2, -0.15) is 9.97 Å². The number of benzene rings is 2. The van der Waals surface area contributed by atoms with Crippen LogP contribution in [0.1, 0.15) is 60.8 Å². The predicted molar refractivity (Wildman–Crippen MR) is 181 cm³/mol. The Labute approximate surface area is 287 Å². The van der Waals surface area contributed by atoms with Crippen LogP contribution < -0.4 is 14.4 Å². The van der Waals surface area contributed by atoms with Crippen molar-refractivity contribution in [2.24, 2.45) is 0 Å². The number of halogens is 1. The summed E-state index contributed by atoms with van der Waals surface area (Å²) in [5, 5.41) is 0. The molecule has 2 aromatic carbocycles. The summed E-state index contributed by atoms with van der Waals surface area (Å²) in [6.45, 7) is 11.0. The number of amides is 1. The van der Waals surface area contributed by atoms with Crippen molar-refractivity contribution in [1.29, 1.82) is 0 Å². The molecular formula is C38H43FN6O4. The average Bonchev–Trinajstić information content (AvgIpc) is 3.65. The maximum atomic E-state index is 14.6. The second-order valence-corrected chi connectivity index (χ2v) is 14.3. The summed E-state index contributed by atoms with van der Waals surface area (Å²) in [5.74, 6) is 1.26. The molecule has 11 heteroatoms. The Morgan fingerprint density at radius 2 is 1.86 bits per heavy atom. The Hall–Kier alpha value is -4.43. The third kappa shape index (κ3) is 6.05. The smallest absolute Gasteiger partial charge is 0.410 e. The van der Waals surface area contributed by atoms with Crippen molar-refractivity contribution in [3.8, 4) is 11.9 Å². The van der Waals surface area contributed by atoms with Gasteiger partial charge in [-0.25, -0.2) is 15.8 Å². The van der Waals surface area contributed by atoms with Crippen LogP contribution in [0.5, 0.6) is 11.9 Å². The number of anilines is 1. The number of rotatable bonds is 7. The second-order valence-electron chi connectivity index (χ2n) is 14.3. The molecule has 4 aliphatic heterocycles. The van der Waals surface area contributed by atoms with Crippen LogP contribution in [-0.2, 0) is 29.8 Å². The highest BCUT2D eigenvalue weighted by Gasteiger charge is 2.50. The van der Waals surface area contributed by atoms with E-state index in [4.69, 9.17) is 30.8 Å².